The Morgan fingerprint density at radius 3 is 2.60 bits per heavy atom. The summed E-state index contributed by atoms with van der Waals surface area (Å²) in [5, 5.41) is 0. The molecule has 3 nitrogen and oxygen atoms in total. The van der Waals surface area contributed by atoms with Crippen molar-refractivity contribution in [1.82, 2.24) is 4.98 Å². The summed E-state index contributed by atoms with van der Waals surface area (Å²) in [4.78, 5) is 7.77. The van der Waals surface area contributed by atoms with Gasteiger partial charge < -0.3 is 9.32 Å². The van der Waals surface area contributed by atoms with Gasteiger partial charge in [0.15, 0.2) is 5.58 Å². The lowest BCUT2D eigenvalue weighted by molar-refractivity contribution is 0.600. The van der Waals surface area contributed by atoms with E-state index in [0.717, 1.165) is 55.2 Å². The van der Waals surface area contributed by atoms with Crippen molar-refractivity contribution in [3.8, 4) is 11.5 Å². The zero-order chi connectivity index (χ0) is 34.2. The monoisotopic (exact) mass is 672 g/mol. The molecule has 5 aromatic rings. The Hall–Kier alpha value is -5.67. The Morgan fingerprint density at radius 2 is 1.67 bits per heavy atom. The summed E-state index contributed by atoms with van der Waals surface area (Å²) < 4.78 is 6.71. The van der Waals surface area contributed by atoms with Crippen molar-refractivity contribution in [2.45, 2.75) is 56.9 Å². The van der Waals surface area contributed by atoms with Gasteiger partial charge in [-0.25, -0.2) is 4.98 Å². The number of oxazole rings is 1. The Bertz CT molecular complexity index is 2510. The molecule has 3 unspecified atom stereocenters. The van der Waals surface area contributed by atoms with Gasteiger partial charge in [-0.2, -0.15) is 0 Å². The number of fused-ring (bicyclic) bond motifs is 9. The first-order valence-electron chi connectivity index (χ1n) is 19.1. The maximum Gasteiger partial charge on any atom is 0.227 e. The Morgan fingerprint density at radius 1 is 0.769 bits per heavy atom. The van der Waals surface area contributed by atoms with Crippen LogP contribution >= 0.6 is 0 Å². The van der Waals surface area contributed by atoms with Crippen LogP contribution in [0.3, 0.4) is 0 Å². The van der Waals surface area contributed by atoms with Crippen molar-refractivity contribution >= 4 is 27.9 Å². The third-order valence-electron chi connectivity index (χ3n) is 12.3. The number of rotatable bonds is 5. The lowest BCUT2D eigenvalue weighted by Gasteiger charge is -2.43. The lowest BCUT2D eigenvalue weighted by Crippen LogP contribution is -2.42. The van der Waals surface area contributed by atoms with E-state index in [4.69, 9.17) is 9.40 Å². The van der Waals surface area contributed by atoms with Crippen molar-refractivity contribution in [3.63, 3.8) is 0 Å². The number of aromatic nitrogens is 1. The Kier molecular flexibility index (Phi) is 6.90. The molecule has 52 heavy (non-hydrogen) atoms. The summed E-state index contributed by atoms with van der Waals surface area (Å²) in [6, 6.07) is 33.5. The lowest BCUT2D eigenvalue weighted by atomic mass is 9.76. The summed E-state index contributed by atoms with van der Waals surface area (Å²) >= 11 is 0. The van der Waals surface area contributed by atoms with E-state index >= 15 is 0 Å². The van der Waals surface area contributed by atoms with Crippen LogP contribution in [-0.4, -0.2) is 11.0 Å². The first-order valence-corrected chi connectivity index (χ1v) is 19.1. The van der Waals surface area contributed by atoms with Gasteiger partial charge in [-0.3, -0.25) is 0 Å². The molecular weight excluding hydrogens is 633 g/mol. The molecule has 3 atom stereocenters. The molecule has 252 valence electrons. The second-order valence-corrected chi connectivity index (χ2v) is 15.1. The highest BCUT2D eigenvalue weighted by Crippen LogP contribution is 2.52. The zero-order valence-corrected chi connectivity index (χ0v) is 29.3. The van der Waals surface area contributed by atoms with Gasteiger partial charge in [0.2, 0.25) is 5.89 Å². The number of hydrogen-bond acceptors (Lipinski definition) is 3. The second-order valence-electron chi connectivity index (χ2n) is 15.1. The second kappa shape index (κ2) is 12.0. The molecule has 3 heteroatoms. The van der Waals surface area contributed by atoms with Crippen LogP contribution in [0, 0.1) is 5.92 Å². The highest BCUT2D eigenvalue weighted by Gasteiger charge is 2.41. The molecule has 0 aliphatic heterocycles. The van der Waals surface area contributed by atoms with Crippen molar-refractivity contribution in [2.24, 2.45) is 5.92 Å². The van der Waals surface area contributed by atoms with Crippen molar-refractivity contribution in [2.75, 3.05) is 4.90 Å². The van der Waals surface area contributed by atoms with Crippen LogP contribution in [-0.2, 0) is 12.8 Å². The van der Waals surface area contributed by atoms with Gasteiger partial charge in [0.1, 0.15) is 5.52 Å². The van der Waals surface area contributed by atoms with E-state index in [1.54, 1.807) is 0 Å². The smallest absolute Gasteiger partial charge is 0.227 e. The molecule has 6 aliphatic carbocycles. The van der Waals surface area contributed by atoms with Crippen molar-refractivity contribution in [3.05, 3.63) is 190 Å². The van der Waals surface area contributed by atoms with E-state index < -0.39 is 0 Å². The average molecular weight is 673 g/mol. The van der Waals surface area contributed by atoms with E-state index in [1.165, 1.54) is 73.5 Å². The molecule has 0 bridgehead atoms. The van der Waals surface area contributed by atoms with Gasteiger partial charge in [0.05, 0.1) is 6.04 Å². The van der Waals surface area contributed by atoms with E-state index in [-0.39, 0.29) is 12.0 Å². The summed E-state index contributed by atoms with van der Waals surface area (Å²) in [6.45, 7) is 0. The van der Waals surface area contributed by atoms with E-state index in [0.29, 0.717) is 11.8 Å². The predicted molar refractivity (Wildman–Crippen MR) is 213 cm³/mol. The average Bonchev–Trinajstić information content (AvgIpc) is 3.93. The van der Waals surface area contributed by atoms with Gasteiger partial charge in [-0.15, -0.1) is 0 Å². The van der Waals surface area contributed by atoms with E-state index in [9.17, 15) is 0 Å². The van der Waals surface area contributed by atoms with Crippen LogP contribution in [0.25, 0.3) is 33.7 Å². The third kappa shape index (κ3) is 4.68. The maximum absolute atomic E-state index is 6.71. The fourth-order valence-electron chi connectivity index (χ4n) is 9.90. The van der Waals surface area contributed by atoms with Crippen LogP contribution in [0.1, 0.15) is 65.8 Å². The van der Waals surface area contributed by atoms with Gasteiger partial charge >= 0.3 is 0 Å². The van der Waals surface area contributed by atoms with Crippen molar-refractivity contribution < 1.29 is 4.42 Å². The number of allylic oxidation sites excluding steroid dienone is 11. The summed E-state index contributed by atoms with van der Waals surface area (Å²) in [5.74, 6) is 1.48. The van der Waals surface area contributed by atoms with Crippen LogP contribution in [0.5, 0.6) is 0 Å². The highest BCUT2D eigenvalue weighted by molar-refractivity contribution is 6.00. The molecule has 11 rings (SSSR count). The molecule has 0 saturated carbocycles. The van der Waals surface area contributed by atoms with Crippen LogP contribution in [0.4, 0.5) is 5.69 Å². The SMILES string of the molecule is C1=CC2=C3Cc4ccc5nc(-c6ccccc6)oc5c4C3=CC(N(C3=C4Cc5ccccc5C4=CCC3)c3cccc(C4CC=CCC4)c3)C2C=C1. The number of nitrogens with zero attached hydrogens (tertiary/aromatic N) is 2. The van der Waals surface area contributed by atoms with Crippen molar-refractivity contribution in [1.29, 1.82) is 0 Å². The maximum atomic E-state index is 6.71. The van der Waals surface area contributed by atoms with Crippen LogP contribution in [0.15, 0.2) is 166 Å². The summed E-state index contributed by atoms with van der Waals surface area (Å²) in [7, 11) is 0. The predicted octanol–water partition coefficient (Wildman–Crippen LogP) is 11.9. The summed E-state index contributed by atoms with van der Waals surface area (Å²) in [6.07, 6.45) is 26.6. The number of hydrogen-bond donors (Lipinski definition) is 0. The molecule has 0 N–H and O–H groups in total. The van der Waals surface area contributed by atoms with Gasteiger partial charge in [0, 0.05) is 34.9 Å². The highest BCUT2D eigenvalue weighted by atomic mass is 16.3. The fraction of sp³-hybridized carbons (Fsp3) is 0.204. The molecule has 1 heterocycles. The minimum absolute atomic E-state index is 0.0970. The minimum atomic E-state index is 0.0970. The molecule has 0 spiro atoms. The standard InChI is InChI=1S/C49H40N2O/c1-3-13-31(14-4-1)33-18-11-19-36(27-33)51(45-24-12-23-38-37-20-8-7-17-34(37)28-42(38)45)46-30-43-41(39-21-9-10-22-40(39)46)29-35-25-26-44-48(47(35)43)52-49(50-44)32-15-5-2-6-16-32/h1-3,5-11,15-23,25-27,30-31,40,46H,4,12-14,24,28-29H2. The largest absolute Gasteiger partial charge is 0.435 e. The zero-order valence-electron chi connectivity index (χ0n) is 29.3. The molecule has 1 aromatic heterocycles. The topological polar surface area (TPSA) is 29.3 Å². The van der Waals surface area contributed by atoms with Gasteiger partial charge in [-0.1, -0.05) is 109 Å². The Labute approximate surface area is 305 Å². The van der Waals surface area contributed by atoms with E-state index in [2.05, 4.69) is 126 Å². The molecule has 0 radical (unpaired) electrons. The normalized spacial score (nSPS) is 22.5. The molecule has 0 fully saturated rings. The molecule has 6 aliphatic rings. The van der Waals surface area contributed by atoms with Crippen LogP contribution < -0.4 is 4.90 Å². The molecule has 4 aromatic carbocycles. The quantitative estimate of drug-likeness (QED) is 0.174. The number of anilines is 1. The number of benzene rings is 4. The summed E-state index contributed by atoms with van der Waals surface area (Å²) in [5.41, 5.74) is 19.6. The van der Waals surface area contributed by atoms with Gasteiger partial charge in [0.25, 0.3) is 0 Å². The molecular formula is C49H40N2O. The molecule has 0 saturated heterocycles. The fourth-order valence-corrected chi connectivity index (χ4v) is 9.90. The first-order chi connectivity index (χ1) is 25.8. The minimum Gasteiger partial charge on any atom is -0.435 e. The van der Waals surface area contributed by atoms with Crippen LogP contribution in [0.2, 0.25) is 0 Å². The Balaban J connectivity index is 1.12. The first kappa shape index (κ1) is 30.0. The van der Waals surface area contributed by atoms with Gasteiger partial charge in [-0.05, 0) is 125 Å². The third-order valence-corrected chi connectivity index (χ3v) is 12.3. The molecule has 0 amide bonds. The van der Waals surface area contributed by atoms with E-state index in [1.807, 2.05) is 18.2 Å².